The van der Waals surface area contributed by atoms with E-state index >= 15 is 0 Å². The number of hydrogen-bond donors (Lipinski definition) is 3. The van der Waals surface area contributed by atoms with Crippen molar-refractivity contribution in [2.45, 2.75) is 31.9 Å². The maximum absolute atomic E-state index is 13.5. The number of fused-ring (bicyclic) bond motifs is 1. The van der Waals surface area contributed by atoms with Crippen molar-refractivity contribution in [2.24, 2.45) is 0 Å². The van der Waals surface area contributed by atoms with Gasteiger partial charge in [0.05, 0.1) is 24.9 Å². The van der Waals surface area contributed by atoms with Gasteiger partial charge >= 0.3 is 0 Å². The Labute approximate surface area is 236 Å². The van der Waals surface area contributed by atoms with Gasteiger partial charge in [-0.25, -0.2) is 4.39 Å². The van der Waals surface area contributed by atoms with Gasteiger partial charge in [0.15, 0.2) is 0 Å². The summed E-state index contributed by atoms with van der Waals surface area (Å²) in [7, 11) is 0. The highest BCUT2D eigenvalue weighted by Gasteiger charge is 2.23. The van der Waals surface area contributed by atoms with E-state index in [1.54, 1.807) is 6.07 Å². The van der Waals surface area contributed by atoms with Crippen LogP contribution in [0.15, 0.2) is 72.8 Å². The molecule has 1 aliphatic rings. The molecule has 7 nitrogen and oxygen atoms in total. The van der Waals surface area contributed by atoms with E-state index in [-0.39, 0.29) is 31.8 Å². The molecule has 4 rings (SSSR count). The SMILES string of the molecule is CCO[C@@H](Cc1ccc(NCCCN2CCOc3cc(F)ccc32)cc1)C(=O)N[C@@H](CO)c1ccccc1.S. The van der Waals surface area contributed by atoms with Crippen LogP contribution in [0.4, 0.5) is 15.8 Å². The maximum Gasteiger partial charge on any atom is 0.250 e. The number of rotatable bonds is 13. The second kappa shape index (κ2) is 15.4. The number of aliphatic hydroxyl groups is 1. The normalized spacial score (nSPS) is 13.9. The second-order valence-electron chi connectivity index (χ2n) is 9.23. The minimum absolute atomic E-state index is 0. The molecule has 2 atom stereocenters. The fourth-order valence-corrected chi connectivity index (χ4v) is 4.57. The third-order valence-corrected chi connectivity index (χ3v) is 6.55. The summed E-state index contributed by atoms with van der Waals surface area (Å²) in [6, 6.07) is 21.6. The minimum atomic E-state index is -0.651. The van der Waals surface area contributed by atoms with E-state index < -0.39 is 12.1 Å². The first kappa shape index (κ1) is 30.3. The molecule has 39 heavy (non-hydrogen) atoms. The topological polar surface area (TPSA) is 83.1 Å². The average molecular weight is 556 g/mol. The Morgan fingerprint density at radius 3 is 2.62 bits per heavy atom. The Balaban J connectivity index is 0.00000420. The van der Waals surface area contributed by atoms with Gasteiger partial charge < -0.3 is 30.1 Å². The van der Waals surface area contributed by atoms with Crippen molar-refractivity contribution >= 4 is 30.8 Å². The van der Waals surface area contributed by atoms with Gasteiger partial charge in [0.1, 0.15) is 24.3 Å². The van der Waals surface area contributed by atoms with Gasteiger partial charge in [0.2, 0.25) is 5.91 Å². The van der Waals surface area contributed by atoms with Crippen LogP contribution in [-0.2, 0) is 16.0 Å². The first-order chi connectivity index (χ1) is 18.6. The van der Waals surface area contributed by atoms with E-state index in [2.05, 4.69) is 15.5 Å². The van der Waals surface area contributed by atoms with E-state index in [1.165, 1.54) is 12.1 Å². The zero-order valence-corrected chi connectivity index (χ0v) is 23.2. The largest absolute Gasteiger partial charge is 0.489 e. The molecule has 3 aromatic rings. The summed E-state index contributed by atoms with van der Waals surface area (Å²) in [6.07, 6.45) is 0.698. The quantitative estimate of drug-likeness (QED) is 0.271. The summed E-state index contributed by atoms with van der Waals surface area (Å²) in [5.41, 5.74) is 3.77. The van der Waals surface area contributed by atoms with Crippen LogP contribution in [-0.4, -0.2) is 56.6 Å². The smallest absolute Gasteiger partial charge is 0.250 e. The van der Waals surface area contributed by atoms with Crippen molar-refractivity contribution in [1.82, 2.24) is 5.32 Å². The number of carbonyl (C=O) groups excluding carboxylic acids is 1. The highest BCUT2D eigenvalue weighted by molar-refractivity contribution is 7.59. The molecule has 0 radical (unpaired) electrons. The highest BCUT2D eigenvalue weighted by atomic mass is 32.1. The molecule has 1 heterocycles. The summed E-state index contributed by atoms with van der Waals surface area (Å²) < 4.78 is 24.8. The zero-order valence-electron chi connectivity index (χ0n) is 22.2. The molecule has 0 bridgehead atoms. The molecule has 3 N–H and O–H groups in total. The van der Waals surface area contributed by atoms with Gasteiger partial charge in [-0.15, -0.1) is 0 Å². The Morgan fingerprint density at radius 2 is 1.90 bits per heavy atom. The number of halogens is 1. The molecule has 1 amide bonds. The predicted molar refractivity (Wildman–Crippen MR) is 158 cm³/mol. The van der Waals surface area contributed by atoms with Crippen LogP contribution in [0.1, 0.15) is 30.5 Å². The predicted octanol–water partition coefficient (Wildman–Crippen LogP) is 4.44. The lowest BCUT2D eigenvalue weighted by Crippen LogP contribution is -2.41. The van der Waals surface area contributed by atoms with Crippen molar-refractivity contribution in [3.05, 3.63) is 89.7 Å². The lowest BCUT2D eigenvalue weighted by atomic mass is 10.0. The fourth-order valence-electron chi connectivity index (χ4n) is 4.57. The van der Waals surface area contributed by atoms with Gasteiger partial charge in [0.25, 0.3) is 0 Å². The number of carbonyl (C=O) groups is 1. The van der Waals surface area contributed by atoms with Gasteiger partial charge in [-0.2, -0.15) is 13.5 Å². The number of anilines is 2. The Hall–Kier alpha value is -3.27. The molecule has 0 saturated heterocycles. The Bertz CT molecular complexity index is 1170. The highest BCUT2D eigenvalue weighted by Crippen LogP contribution is 2.32. The molecule has 0 aromatic heterocycles. The second-order valence-corrected chi connectivity index (χ2v) is 9.23. The summed E-state index contributed by atoms with van der Waals surface area (Å²) in [5.74, 6) is 0.0700. The third kappa shape index (κ3) is 8.61. The maximum atomic E-state index is 13.5. The van der Waals surface area contributed by atoms with Gasteiger partial charge in [-0.3, -0.25) is 4.79 Å². The van der Waals surface area contributed by atoms with Crippen LogP contribution in [0.25, 0.3) is 0 Å². The fraction of sp³-hybridized carbons (Fsp3) is 0.367. The van der Waals surface area contributed by atoms with Crippen LogP contribution < -0.4 is 20.3 Å². The minimum Gasteiger partial charge on any atom is -0.489 e. The molecular formula is C30H38FN3O4S. The average Bonchev–Trinajstić information content (AvgIpc) is 2.94. The van der Waals surface area contributed by atoms with Gasteiger partial charge in [-0.1, -0.05) is 42.5 Å². The van der Waals surface area contributed by atoms with E-state index in [4.69, 9.17) is 9.47 Å². The van der Waals surface area contributed by atoms with Crippen LogP contribution >= 0.6 is 13.5 Å². The molecule has 0 spiro atoms. The summed E-state index contributed by atoms with van der Waals surface area (Å²) >= 11 is 0. The number of amides is 1. The van der Waals surface area contributed by atoms with Crippen molar-refractivity contribution in [1.29, 1.82) is 0 Å². The number of benzene rings is 3. The summed E-state index contributed by atoms with van der Waals surface area (Å²) in [4.78, 5) is 15.2. The Morgan fingerprint density at radius 1 is 1.13 bits per heavy atom. The standard InChI is InChI=1S/C30H36FN3O4.H2S/c1-2-37-29(30(36)33-26(21-35)23-7-4-3-5-8-23)19-22-9-12-25(13-10-22)32-15-6-16-34-17-18-38-28-20-24(31)11-14-27(28)34;/h3-5,7-14,20,26,29,32,35H,2,6,15-19,21H2,1H3,(H,33,36);1H2/t26-,29-;/m0./s1. The van der Waals surface area contributed by atoms with Crippen molar-refractivity contribution in [3.63, 3.8) is 0 Å². The number of nitrogens with one attached hydrogen (secondary N) is 2. The molecule has 1 aliphatic heterocycles. The molecular weight excluding hydrogens is 517 g/mol. The lowest BCUT2D eigenvalue weighted by molar-refractivity contribution is -0.133. The molecule has 9 heteroatoms. The van der Waals surface area contributed by atoms with Gasteiger partial charge in [0, 0.05) is 37.9 Å². The van der Waals surface area contributed by atoms with Crippen LogP contribution in [0, 0.1) is 5.82 Å². The molecule has 0 aliphatic carbocycles. The van der Waals surface area contributed by atoms with Crippen LogP contribution in [0.5, 0.6) is 5.75 Å². The number of ether oxygens (including phenoxy) is 2. The lowest BCUT2D eigenvalue weighted by Gasteiger charge is -2.31. The van der Waals surface area contributed by atoms with Crippen LogP contribution in [0.2, 0.25) is 0 Å². The number of nitrogens with zero attached hydrogens (tertiary/aromatic N) is 1. The van der Waals surface area contributed by atoms with Crippen molar-refractivity contribution < 1.29 is 23.8 Å². The summed E-state index contributed by atoms with van der Waals surface area (Å²) in [5, 5.41) is 16.1. The number of aliphatic hydroxyl groups excluding tert-OH is 1. The first-order valence-electron chi connectivity index (χ1n) is 13.1. The zero-order chi connectivity index (χ0) is 26.7. The van der Waals surface area contributed by atoms with Crippen molar-refractivity contribution in [2.75, 3.05) is 49.7 Å². The van der Waals surface area contributed by atoms with Gasteiger partial charge in [-0.05, 0) is 48.7 Å². The monoisotopic (exact) mass is 555 g/mol. The van der Waals surface area contributed by atoms with E-state index in [0.29, 0.717) is 25.4 Å². The molecule has 210 valence electrons. The van der Waals surface area contributed by atoms with E-state index in [0.717, 1.165) is 48.6 Å². The third-order valence-electron chi connectivity index (χ3n) is 6.55. The van der Waals surface area contributed by atoms with Crippen LogP contribution in [0.3, 0.4) is 0 Å². The molecule has 3 aromatic carbocycles. The van der Waals surface area contributed by atoms with Crippen molar-refractivity contribution in [3.8, 4) is 5.75 Å². The molecule has 0 unspecified atom stereocenters. The first-order valence-corrected chi connectivity index (χ1v) is 13.1. The van der Waals surface area contributed by atoms with E-state index in [9.17, 15) is 14.3 Å². The van der Waals surface area contributed by atoms with E-state index in [1.807, 2.05) is 61.5 Å². The summed E-state index contributed by atoms with van der Waals surface area (Å²) in [6.45, 7) is 5.06. The Kier molecular flexibility index (Phi) is 11.9. The number of hydrogen-bond acceptors (Lipinski definition) is 6. The molecule has 0 saturated carbocycles. The molecule has 0 fully saturated rings.